The third-order valence-electron chi connectivity index (χ3n) is 3.85. The first-order valence-electron chi connectivity index (χ1n) is 7.50. The summed E-state index contributed by atoms with van der Waals surface area (Å²) in [5.74, 6) is 0.729. The van der Waals surface area contributed by atoms with Crippen molar-refractivity contribution in [3.05, 3.63) is 34.6 Å². The third kappa shape index (κ3) is 2.83. The van der Waals surface area contributed by atoms with Crippen molar-refractivity contribution >= 4 is 50.2 Å². The Balaban J connectivity index is 1.72. The smallest absolute Gasteiger partial charge is 0.188 e. The number of halogens is 1. The largest absolute Gasteiger partial charge is 0.495 e. The van der Waals surface area contributed by atoms with Crippen LogP contribution in [0, 0.1) is 0 Å². The minimum absolute atomic E-state index is 0.618. The Morgan fingerprint density at radius 1 is 1.17 bits per heavy atom. The van der Waals surface area contributed by atoms with Gasteiger partial charge in [-0.25, -0.2) is 9.97 Å². The van der Waals surface area contributed by atoms with Gasteiger partial charge in [-0.2, -0.15) is 0 Å². The summed E-state index contributed by atoms with van der Waals surface area (Å²) in [7, 11) is 1.64. The lowest BCUT2D eigenvalue weighted by Gasteiger charge is -2.09. The number of aryl methyl sites for hydroxylation is 2. The molecule has 0 radical (unpaired) electrons. The molecular weight excluding hydrogens is 364 g/mol. The van der Waals surface area contributed by atoms with E-state index in [1.165, 1.54) is 16.2 Å². The predicted octanol–water partition coefficient (Wildman–Crippen LogP) is 4.74. The Kier molecular flexibility index (Phi) is 4.07. The molecule has 24 heavy (non-hydrogen) atoms. The maximum Gasteiger partial charge on any atom is 0.188 e. The normalized spacial score (nSPS) is 13.1. The summed E-state index contributed by atoms with van der Waals surface area (Å²) in [5.41, 5.74) is 8.89. The lowest BCUT2D eigenvalue weighted by Crippen LogP contribution is -1.95. The van der Waals surface area contributed by atoms with Crippen LogP contribution in [0.4, 0.5) is 16.0 Å². The van der Waals surface area contributed by atoms with Crippen molar-refractivity contribution in [2.45, 2.75) is 19.3 Å². The zero-order valence-corrected chi connectivity index (χ0v) is 15.3. The van der Waals surface area contributed by atoms with Gasteiger partial charge < -0.3 is 15.8 Å². The van der Waals surface area contributed by atoms with Crippen LogP contribution >= 0.6 is 34.3 Å². The van der Waals surface area contributed by atoms with E-state index in [4.69, 9.17) is 27.1 Å². The molecule has 0 aliphatic heterocycles. The molecule has 0 unspecified atom stereocenters. The number of thiazole rings is 2. The van der Waals surface area contributed by atoms with E-state index < -0.39 is 0 Å². The van der Waals surface area contributed by atoms with Gasteiger partial charge in [0.2, 0.25) is 0 Å². The van der Waals surface area contributed by atoms with Crippen LogP contribution in [-0.2, 0) is 12.8 Å². The zero-order chi connectivity index (χ0) is 16.7. The van der Waals surface area contributed by atoms with Gasteiger partial charge in [0.15, 0.2) is 10.3 Å². The van der Waals surface area contributed by atoms with Gasteiger partial charge in [0.25, 0.3) is 0 Å². The molecule has 8 heteroatoms. The van der Waals surface area contributed by atoms with Crippen LogP contribution in [0.15, 0.2) is 18.2 Å². The second-order valence-corrected chi connectivity index (χ2v) is 7.91. The van der Waals surface area contributed by atoms with Gasteiger partial charge in [-0.15, -0.1) is 0 Å². The number of aromatic nitrogens is 2. The average Bonchev–Trinajstić information content (AvgIpc) is 3.07. The molecular formula is C16H15ClN4OS2. The summed E-state index contributed by atoms with van der Waals surface area (Å²) < 4.78 is 5.39. The van der Waals surface area contributed by atoms with Crippen molar-refractivity contribution in [1.29, 1.82) is 0 Å². The first-order chi connectivity index (χ1) is 11.6. The van der Waals surface area contributed by atoms with Gasteiger partial charge >= 0.3 is 0 Å². The predicted molar refractivity (Wildman–Crippen MR) is 101 cm³/mol. The lowest BCUT2D eigenvalue weighted by molar-refractivity contribution is 0.417. The highest BCUT2D eigenvalue weighted by Gasteiger charge is 2.23. The van der Waals surface area contributed by atoms with Gasteiger partial charge in [0, 0.05) is 5.02 Å². The number of fused-ring (bicyclic) bond motifs is 3. The van der Waals surface area contributed by atoms with E-state index in [2.05, 4.69) is 10.3 Å². The number of ether oxygens (including phenoxy) is 1. The molecule has 0 atom stereocenters. The minimum atomic E-state index is 0.618. The fourth-order valence-corrected chi connectivity index (χ4v) is 5.03. The number of methoxy groups -OCH3 is 1. The van der Waals surface area contributed by atoms with Gasteiger partial charge in [-0.3, -0.25) is 0 Å². The second kappa shape index (κ2) is 6.23. The lowest BCUT2D eigenvalue weighted by atomic mass is 10.2. The summed E-state index contributed by atoms with van der Waals surface area (Å²) >= 11 is 9.26. The molecule has 1 aromatic carbocycles. The minimum Gasteiger partial charge on any atom is -0.495 e. The molecule has 4 rings (SSSR count). The molecule has 5 nitrogen and oxygen atoms in total. The zero-order valence-electron chi connectivity index (χ0n) is 12.9. The van der Waals surface area contributed by atoms with Crippen LogP contribution < -0.4 is 15.8 Å². The molecule has 124 valence electrons. The standard InChI is InChI=1S/C16H15ClN4OS2/c1-22-12-6-5-8(17)7-11(12)21-16-20-10-4-2-3-9-13(14(10)24-16)23-15(18)19-9/h5-7H,2-4H2,1H3,(H2,18,19)(H,20,21). The van der Waals surface area contributed by atoms with E-state index in [0.29, 0.717) is 10.2 Å². The van der Waals surface area contributed by atoms with E-state index in [9.17, 15) is 0 Å². The Labute approximate surface area is 152 Å². The van der Waals surface area contributed by atoms with Crippen LogP contribution in [0.5, 0.6) is 5.75 Å². The maximum atomic E-state index is 6.10. The SMILES string of the molecule is COc1ccc(Cl)cc1Nc1nc2c(s1)-c1sc(N)nc1CCC2. The molecule has 1 aliphatic rings. The number of anilines is 3. The number of rotatable bonds is 3. The number of nitrogen functional groups attached to an aromatic ring is 1. The van der Waals surface area contributed by atoms with Crippen LogP contribution in [0.2, 0.25) is 5.02 Å². The average molecular weight is 379 g/mol. The Morgan fingerprint density at radius 3 is 2.71 bits per heavy atom. The number of nitrogens with zero attached hydrogens (tertiary/aromatic N) is 2. The third-order valence-corrected chi connectivity index (χ3v) is 6.19. The molecule has 0 saturated heterocycles. The fraction of sp³-hybridized carbons (Fsp3) is 0.250. The molecule has 1 aliphatic carbocycles. The van der Waals surface area contributed by atoms with E-state index in [-0.39, 0.29) is 0 Å². The van der Waals surface area contributed by atoms with Crippen molar-refractivity contribution < 1.29 is 4.74 Å². The van der Waals surface area contributed by atoms with Gasteiger partial charge in [-0.05, 0) is 37.5 Å². The first-order valence-corrected chi connectivity index (χ1v) is 9.51. The Morgan fingerprint density at radius 2 is 1.92 bits per heavy atom. The van der Waals surface area contributed by atoms with Crippen molar-refractivity contribution in [2.75, 3.05) is 18.2 Å². The van der Waals surface area contributed by atoms with E-state index in [0.717, 1.165) is 52.1 Å². The van der Waals surface area contributed by atoms with E-state index >= 15 is 0 Å². The first kappa shape index (κ1) is 15.7. The van der Waals surface area contributed by atoms with E-state index in [1.807, 2.05) is 12.1 Å². The van der Waals surface area contributed by atoms with Crippen LogP contribution in [-0.4, -0.2) is 17.1 Å². The van der Waals surface area contributed by atoms with Gasteiger partial charge in [0.05, 0.1) is 33.9 Å². The van der Waals surface area contributed by atoms with Crippen molar-refractivity contribution in [3.63, 3.8) is 0 Å². The topological polar surface area (TPSA) is 73.1 Å². The number of hydrogen-bond donors (Lipinski definition) is 2. The van der Waals surface area contributed by atoms with Gasteiger partial charge in [0.1, 0.15) is 5.75 Å². The quantitative estimate of drug-likeness (QED) is 0.688. The monoisotopic (exact) mass is 378 g/mol. The summed E-state index contributed by atoms with van der Waals surface area (Å²) in [5, 5.41) is 5.42. The number of nitrogens with one attached hydrogen (secondary N) is 1. The van der Waals surface area contributed by atoms with Crippen molar-refractivity contribution in [1.82, 2.24) is 9.97 Å². The molecule has 3 aromatic rings. The molecule has 0 bridgehead atoms. The Bertz CT molecular complexity index is 906. The number of benzene rings is 1. The second-order valence-electron chi connectivity index (χ2n) is 5.45. The van der Waals surface area contributed by atoms with Crippen LogP contribution in [0.3, 0.4) is 0 Å². The summed E-state index contributed by atoms with van der Waals surface area (Å²) in [4.78, 5) is 11.5. The molecule has 2 heterocycles. The van der Waals surface area contributed by atoms with E-state index in [1.54, 1.807) is 24.5 Å². The highest BCUT2D eigenvalue weighted by atomic mass is 35.5. The highest BCUT2D eigenvalue weighted by Crippen LogP contribution is 2.43. The maximum absolute atomic E-state index is 6.10. The van der Waals surface area contributed by atoms with Crippen LogP contribution in [0.1, 0.15) is 17.8 Å². The van der Waals surface area contributed by atoms with Gasteiger partial charge in [-0.1, -0.05) is 34.3 Å². The van der Waals surface area contributed by atoms with Crippen molar-refractivity contribution in [2.24, 2.45) is 0 Å². The molecule has 0 saturated carbocycles. The summed E-state index contributed by atoms with van der Waals surface area (Å²) in [6.45, 7) is 0. The fourth-order valence-electron chi connectivity index (χ4n) is 2.79. The highest BCUT2D eigenvalue weighted by molar-refractivity contribution is 7.25. The number of nitrogens with two attached hydrogens (primary N) is 1. The molecule has 0 fully saturated rings. The van der Waals surface area contributed by atoms with Crippen LogP contribution in [0.25, 0.3) is 9.75 Å². The molecule has 3 N–H and O–H groups in total. The summed E-state index contributed by atoms with van der Waals surface area (Å²) in [6, 6.07) is 5.48. The molecule has 0 amide bonds. The summed E-state index contributed by atoms with van der Waals surface area (Å²) in [6.07, 6.45) is 2.94. The molecule has 0 spiro atoms. The number of hydrogen-bond acceptors (Lipinski definition) is 7. The Hall–Kier alpha value is -1.83. The molecule has 2 aromatic heterocycles. The van der Waals surface area contributed by atoms with Crippen molar-refractivity contribution in [3.8, 4) is 15.5 Å².